The molecule has 0 saturated carbocycles. The lowest BCUT2D eigenvalue weighted by Crippen LogP contribution is -2.25. The van der Waals surface area contributed by atoms with Crippen LogP contribution in [-0.2, 0) is 0 Å². The van der Waals surface area contributed by atoms with E-state index in [0.29, 0.717) is 0 Å². The minimum absolute atomic E-state index is 0.210. The van der Waals surface area contributed by atoms with Gasteiger partial charge in [0.05, 0.1) is 0 Å². The molecule has 0 amide bonds. The topological polar surface area (TPSA) is 24.1 Å². The van der Waals surface area contributed by atoms with Gasteiger partial charge in [0.15, 0.2) is 0 Å². The lowest BCUT2D eigenvalue weighted by molar-refractivity contribution is 0.888. The number of thioether (sulfide) groups is 1. The summed E-state index contributed by atoms with van der Waals surface area (Å²) in [6, 6.07) is 15.2. The zero-order valence-electron chi connectivity index (χ0n) is 11.7. The van der Waals surface area contributed by atoms with Crippen LogP contribution in [0.4, 0.5) is 5.69 Å². The molecule has 2 nitrogen and oxygen atoms in total. The van der Waals surface area contributed by atoms with Gasteiger partial charge in [0.2, 0.25) is 0 Å². The Labute approximate surface area is 124 Å². The van der Waals surface area contributed by atoms with E-state index in [1.807, 2.05) is 6.20 Å². The smallest absolute Gasteiger partial charge is 0.149 e. The van der Waals surface area contributed by atoms with E-state index >= 15 is 0 Å². The second-order valence-electron chi connectivity index (χ2n) is 5.04. The fraction of sp³-hybridized carbons (Fsp3) is 0.176. The molecule has 1 unspecified atom stereocenters. The summed E-state index contributed by atoms with van der Waals surface area (Å²) < 4.78 is 0. The zero-order valence-corrected chi connectivity index (χ0v) is 12.5. The highest BCUT2D eigenvalue weighted by Gasteiger charge is 2.12. The summed E-state index contributed by atoms with van der Waals surface area (Å²) in [5.74, 6) is 0. The first-order valence-corrected chi connectivity index (χ1v) is 7.67. The van der Waals surface area contributed by atoms with Crippen molar-refractivity contribution in [3.05, 3.63) is 65.2 Å². The molecule has 0 bridgehead atoms. The summed E-state index contributed by atoms with van der Waals surface area (Å²) >= 11 is 1.74. The summed E-state index contributed by atoms with van der Waals surface area (Å²) in [6.45, 7) is 4.25. The van der Waals surface area contributed by atoms with E-state index in [1.165, 1.54) is 22.3 Å². The van der Waals surface area contributed by atoms with Crippen molar-refractivity contribution in [2.45, 2.75) is 19.3 Å². The van der Waals surface area contributed by atoms with E-state index in [1.54, 1.807) is 11.8 Å². The Morgan fingerprint density at radius 2 is 1.75 bits per heavy atom. The average Bonchev–Trinajstić information content (AvgIpc) is 2.95. The van der Waals surface area contributed by atoms with E-state index in [9.17, 15) is 0 Å². The molecule has 1 aliphatic heterocycles. The largest absolute Gasteiger partial charge is 0.362 e. The molecular weight excluding hydrogens is 264 g/mol. The Bertz CT molecular complexity index is 624. The van der Waals surface area contributed by atoms with Gasteiger partial charge in [-0.05, 0) is 37.0 Å². The van der Waals surface area contributed by atoms with Crippen molar-refractivity contribution in [3.63, 3.8) is 0 Å². The van der Waals surface area contributed by atoms with E-state index in [2.05, 4.69) is 72.4 Å². The maximum Gasteiger partial charge on any atom is 0.149 e. The third-order valence-corrected chi connectivity index (χ3v) is 4.17. The van der Waals surface area contributed by atoms with Crippen LogP contribution < -0.4 is 10.6 Å². The summed E-state index contributed by atoms with van der Waals surface area (Å²) in [6.07, 6.45) is 1.97. The van der Waals surface area contributed by atoms with Crippen LogP contribution in [-0.4, -0.2) is 5.50 Å². The van der Waals surface area contributed by atoms with Gasteiger partial charge >= 0.3 is 0 Å². The molecular formula is C17H18N2S. The Morgan fingerprint density at radius 3 is 2.45 bits per heavy atom. The second-order valence-corrected chi connectivity index (χ2v) is 6.06. The standard InChI is InChI=1S/C17H18N2S/c1-12-3-6-14(7-4-12)15-11-13(2)5-8-16(15)19-17-18-9-10-20-17/h3-11,17-19H,1-2H3. The highest BCUT2D eigenvalue weighted by atomic mass is 32.2. The molecule has 0 spiro atoms. The van der Waals surface area contributed by atoms with Gasteiger partial charge in [-0.25, -0.2) is 0 Å². The lowest BCUT2D eigenvalue weighted by atomic mass is 10.0. The minimum atomic E-state index is 0.210. The Hall–Kier alpha value is -1.87. The van der Waals surface area contributed by atoms with Gasteiger partial charge in [0.25, 0.3) is 0 Å². The van der Waals surface area contributed by atoms with Crippen molar-refractivity contribution in [1.29, 1.82) is 0 Å². The number of rotatable bonds is 3. The molecule has 2 aromatic carbocycles. The Balaban J connectivity index is 1.95. The summed E-state index contributed by atoms with van der Waals surface area (Å²) in [5, 5.41) is 8.88. The molecule has 0 radical (unpaired) electrons. The molecule has 0 aliphatic carbocycles. The van der Waals surface area contributed by atoms with Gasteiger partial charge in [0, 0.05) is 17.5 Å². The number of aryl methyl sites for hydroxylation is 2. The molecule has 3 heteroatoms. The van der Waals surface area contributed by atoms with E-state index < -0.39 is 0 Å². The number of hydrogen-bond donors (Lipinski definition) is 2. The van der Waals surface area contributed by atoms with Crippen LogP contribution in [0, 0.1) is 13.8 Å². The van der Waals surface area contributed by atoms with Crippen LogP contribution in [0.1, 0.15) is 11.1 Å². The van der Waals surface area contributed by atoms with Crippen LogP contribution >= 0.6 is 11.8 Å². The van der Waals surface area contributed by atoms with Crippen molar-refractivity contribution in [3.8, 4) is 11.1 Å². The van der Waals surface area contributed by atoms with E-state index in [4.69, 9.17) is 0 Å². The van der Waals surface area contributed by atoms with Gasteiger partial charge in [-0.15, -0.1) is 0 Å². The molecule has 3 rings (SSSR count). The van der Waals surface area contributed by atoms with Gasteiger partial charge < -0.3 is 10.6 Å². The number of anilines is 1. The number of benzene rings is 2. The third-order valence-electron chi connectivity index (χ3n) is 3.35. The number of hydrogen-bond acceptors (Lipinski definition) is 3. The molecule has 2 aromatic rings. The first kappa shape index (κ1) is 13.1. The highest BCUT2D eigenvalue weighted by Crippen LogP contribution is 2.31. The molecule has 20 heavy (non-hydrogen) atoms. The molecule has 1 atom stereocenters. The quantitative estimate of drug-likeness (QED) is 0.868. The summed E-state index contributed by atoms with van der Waals surface area (Å²) in [5.41, 5.74) is 6.43. The van der Waals surface area contributed by atoms with Crippen LogP contribution in [0.3, 0.4) is 0 Å². The maximum atomic E-state index is 3.54. The summed E-state index contributed by atoms with van der Waals surface area (Å²) in [4.78, 5) is 0. The molecule has 1 heterocycles. The molecule has 1 aliphatic rings. The van der Waals surface area contributed by atoms with Crippen LogP contribution in [0.25, 0.3) is 11.1 Å². The predicted octanol–water partition coefficient (Wildman–Crippen LogP) is 4.47. The van der Waals surface area contributed by atoms with Crippen LogP contribution in [0.15, 0.2) is 54.1 Å². The zero-order chi connectivity index (χ0) is 13.9. The molecule has 102 valence electrons. The lowest BCUT2D eigenvalue weighted by Gasteiger charge is -2.18. The maximum absolute atomic E-state index is 3.54. The first-order valence-electron chi connectivity index (χ1n) is 6.73. The monoisotopic (exact) mass is 282 g/mol. The first-order chi connectivity index (χ1) is 9.72. The van der Waals surface area contributed by atoms with Gasteiger partial charge in [-0.3, -0.25) is 0 Å². The Kier molecular flexibility index (Phi) is 3.70. The van der Waals surface area contributed by atoms with E-state index in [-0.39, 0.29) is 5.50 Å². The second kappa shape index (κ2) is 5.63. The van der Waals surface area contributed by atoms with E-state index in [0.717, 1.165) is 5.69 Å². The van der Waals surface area contributed by atoms with Crippen molar-refractivity contribution >= 4 is 17.4 Å². The molecule has 0 aromatic heterocycles. The van der Waals surface area contributed by atoms with Gasteiger partial charge in [0.1, 0.15) is 5.50 Å². The van der Waals surface area contributed by atoms with Gasteiger partial charge in [-0.2, -0.15) is 0 Å². The third kappa shape index (κ3) is 2.83. The number of nitrogens with one attached hydrogen (secondary N) is 2. The van der Waals surface area contributed by atoms with Crippen LogP contribution in [0.2, 0.25) is 0 Å². The minimum Gasteiger partial charge on any atom is -0.362 e. The van der Waals surface area contributed by atoms with Crippen molar-refractivity contribution in [2.75, 3.05) is 5.32 Å². The molecule has 0 saturated heterocycles. The van der Waals surface area contributed by atoms with Crippen LogP contribution in [0.5, 0.6) is 0 Å². The van der Waals surface area contributed by atoms with Gasteiger partial charge in [-0.1, -0.05) is 53.2 Å². The average molecular weight is 282 g/mol. The fourth-order valence-corrected chi connectivity index (χ4v) is 2.92. The fourth-order valence-electron chi connectivity index (χ4n) is 2.26. The van der Waals surface area contributed by atoms with Crippen molar-refractivity contribution in [2.24, 2.45) is 0 Å². The highest BCUT2D eigenvalue weighted by molar-refractivity contribution is 8.03. The molecule has 0 fully saturated rings. The Morgan fingerprint density at radius 1 is 1.00 bits per heavy atom. The molecule has 2 N–H and O–H groups in total. The van der Waals surface area contributed by atoms with Crippen molar-refractivity contribution in [1.82, 2.24) is 5.32 Å². The normalized spacial score (nSPS) is 17.0. The SMILES string of the molecule is Cc1ccc(-c2cc(C)ccc2NC2NC=CS2)cc1. The summed E-state index contributed by atoms with van der Waals surface area (Å²) in [7, 11) is 0. The predicted molar refractivity (Wildman–Crippen MR) is 88.6 cm³/mol. The van der Waals surface area contributed by atoms with Crippen molar-refractivity contribution < 1.29 is 0 Å².